The summed E-state index contributed by atoms with van der Waals surface area (Å²) in [6.07, 6.45) is -7.08. The van der Waals surface area contributed by atoms with Gasteiger partial charge in [-0.25, -0.2) is 4.79 Å². The SMILES string of the molecule is COC(=O)C(F)(OC(C)OC)C(F)(F)F. The van der Waals surface area contributed by atoms with Gasteiger partial charge in [-0.3, -0.25) is 0 Å². The van der Waals surface area contributed by atoms with E-state index in [1.165, 1.54) is 0 Å². The van der Waals surface area contributed by atoms with Gasteiger partial charge in [0.25, 0.3) is 0 Å². The van der Waals surface area contributed by atoms with Crippen LogP contribution < -0.4 is 0 Å². The summed E-state index contributed by atoms with van der Waals surface area (Å²) in [5.74, 6) is -6.70. The number of alkyl halides is 4. The number of esters is 1. The number of rotatable bonds is 4. The normalized spacial score (nSPS) is 18.1. The zero-order valence-corrected chi connectivity index (χ0v) is 8.22. The molecule has 8 heteroatoms. The van der Waals surface area contributed by atoms with Crippen molar-refractivity contribution in [1.29, 1.82) is 0 Å². The van der Waals surface area contributed by atoms with Crippen LogP contribution in [0.25, 0.3) is 0 Å². The van der Waals surface area contributed by atoms with Gasteiger partial charge in [0.15, 0.2) is 6.29 Å². The number of methoxy groups -OCH3 is 2. The Balaban J connectivity index is 4.96. The molecule has 0 saturated carbocycles. The minimum absolute atomic E-state index is 0.614. The van der Waals surface area contributed by atoms with E-state index in [4.69, 9.17) is 0 Å². The highest BCUT2D eigenvalue weighted by atomic mass is 19.4. The second kappa shape index (κ2) is 4.75. The Bertz CT molecular complexity index is 230. The molecule has 0 rings (SSSR count). The molecule has 0 radical (unpaired) electrons. The van der Waals surface area contributed by atoms with Crippen molar-refractivity contribution in [3.63, 3.8) is 0 Å². The van der Waals surface area contributed by atoms with E-state index in [1.807, 2.05) is 0 Å². The van der Waals surface area contributed by atoms with Crippen LogP contribution in [0.4, 0.5) is 17.6 Å². The summed E-state index contributed by atoms with van der Waals surface area (Å²) in [5.41, 5.74) is 0. The maximum atomic E-state index is 13.2. The number of halogens is 4. The van der Waals surface area contributed by atoms with Crippen LogP contribution in [0.3, 0.4) is 0 Å². The number of hydrogen-bond acceptors (Lipinski definition) is 4. The van der Waals surface area contributed by atoms with Crippen LogP contribution in [0.1, 0.15) is 6.92 Å². The predicted molar refractivity (Wildman–Crippen MR) is 39.5 cm³/mol. The fourth-order valence-electron chi connectivity index (χ4n) is 0.639. The third-order valence-electron chi connectivity index (χ3n) is 1.47. The summed E-state index contributed by atoms with van der Waals surface area (Å²) in [6.45, 7) is 1.00. The molecular weight excluding hydrogens is 224 g/mol. The van der Waals surface area contributed by atoms with Crippen LogP contribution in [0, 0.1) is 0 Å². The third kappa shape index (κ3) is 3.03. The Kier molecular flexibility index (Phi) is 4.47. The van der Waals surface area contributed by atoms with Gasteiger partial charge in [0.2, 0.25) is 0 Å². The molecule has 0 bridgehead atoms. The molecule has 0 aliphatic heterocycles. The van der Waals surface area contributed by atoms with Crippen molar-refractivity contribution >= 4 is 5.97 Å². The highest BCUT2D eigenvalue weighted by Crippen LogP contribution is 2.37. The summed E-state index contributed by atoms with van der Waals surface area (Å²) < 4.78 is 61.5. The van der Waals surface area contributed by atoms with Gasteiger partial charge in [0.1, 0.15) is 0 Å². The van der Waals surface area contributed by atoms with E-state index in [0.29, 0.717) is 7.11 Å². The number of ether oxygens (including phenoxy) is 3. The first-order chi connectivity index (χ1) is 6.69. The largest absolute Gasteiger partial charge is 0.465 e. The molecule has 0 heterocycles. The number of carbonyl (C=O) groups is 1. The molecule has 0 aliphatic rings. The van der Waals surface area contributed by atoms with Crippen molar-refractivity contribution in [2.45, 2.75) is 25.2 Å². The molecule has 0 aliphatic carbocycles. The minimum atomic E-state index is -5.53. The quantitative estimate of drug-likeness (QED) is 0.419. The van der Waals surface area contributed by atoms with Crippen molar-refractivity contribution in [3.8, 4) is 0 Å². The van der Waals surface area contributed by atoms with Crippen molar-refractivity contribution in [1.82, 2.24) is 0 Å². The lowest BCUT2D eigenvalue weighted by atomic mass is 10.3. The third-order valence-corrected chi connectivity index (χ3v) is 1.47. The van der Waals surface area contributed by atoms with E-state index in [9.17, 15) is 22.4 Å². The lowest BCUT2D eigenvalue weighted by molar-refractivity contribution is -0.355. The molecular formula is C7H10F4O4. The molecule has 0 fully saturated rings. The van der Waals surface area contributed by atoms with E-state index in [2.05, 4.69) is 14.2 Å². The van der Waals surface area contributed by atoms with E-state index < -0.39 is 24.3 Å². The maximum Gasteiger partial charge on any atom is 0.460 e. The first-order valence-electron chi connectivity index (χ1n) is 3.73. The predicted octanol–water partition coefficient (Wildman–Crippen LogP) is 1.40. The number of hydrogen-bond donors (Lipinski definition) is 0. The second-order valence-electron chi connectivity index (χ2n) is 2.51. The van der Waals surface area contributed by atoms with Gasteiger partial charge in [-0.15, -0.1) is 0 Å². The van der Waals surface area contributed by atoms with Crippen molar-refractivity contribution in [2.75, 3.05) is 14.2 Å². The van der Waals surface area contributed by atoms with Crippen LogP contribution in [0.2, 0.25) is 0 Å². The standard InChI is InChI=1S/C7H10F4O4/c1-4(13-2)15-6(8,5(12)14-3)7(9,10)11/h4H,1-3H3. The van der Waals surface area contributed by atoms with E-state index >= 15 is 0 Å². The van der Waals surface area contributed by atoms with E-state index in [-0.39, 0.29) is 0 Å². The van der Waals surface area contributed by atoms with Crippen LogP contribution in [0.5, 0.6) is 0 Å². The molecule has 4 nitrogen and oxygen atoms in total. The minimum Gasteiger partial charge on any atom is -0.465 e. The summed E-state index contributed by atoms with van der Waals surface area (Å²) in [4.78, 5) is 10.6. The van der Waals surface area contributed by atoms with Gasteiger partial charge < -0.3 is 14.2 Å². The van der Waals surface area contributed by atoms with Gasteiger partial charge in [0.05, 0.1) is 7.11 Å². The van der Waals surface area contributed by atoms with Crippen molar-refractivity contribution < 1.29 is 36.6 Å². The molecule has 0 amide bonds. The second-order valence-corrected chi connectivity index (χ2v) is 2.51. The molecule has 2 atom stereocenters. The molecule has 90 valence electrons. The van der Waals surface area contributed by atoms with Gasteiger partial charge in [-0.2, -0.15) is 17.6 Å². The lowest BCUT2D eigenvalue weighted by Gasteiger charge is -2.27. The molecule has 0 saturated heterocycles. The topological polar surface area (TPSA) is 44.8 Å². The molecule has 0 spiro atoms. The zero-order valence-electron chi connectivity index (χ0n) is 8.22. The van der Waals surface area contributed by atoms with Crippen molar-refractivity contribution in [2.24, 2.45) is 0 Å². The summed E-state index contributed by atoms with van der Waals surface area (Å²) >= 11 is 0. The Morgan fingerprint density at radius 1 is 1.20 bits per heavy atom. The number of carbonyl (C=O) groups excluding carboxylic acids is 1. The Hall–Kier alpha value is -0.890. The summed E-state index contributed by atoms with van der Waals surface area (Å²) in [7, 11) is 1.61. The molecule has 0 aromatic heterocycles. The maximum absolute atomic E-state index is 13.2. The van der Waals surface area contributed by atoms with Gasteiger partial charge in [-0.1, -0.05) is 0 Å². The fraction of sp³-hybridized carbons (Fsp3) is 0.857. The first kappa shape index (κ1) is 14.1. The smallest absolute Gasteiger partial charge is 0.460 e. The highest BCUT2D eigenvalue weighted by Gasteiger charge is 2.65. The summed E-state index contributed by atoms with van der Waals surface area (Å²) in [5, 5.41) is 0. The Morgan fingerprint density at radius 3 is 1.93 bits per heavy atom. The average molecular weight is 234 g/mol. The molecule has 0 aromatic carbocycles. The lowest BCUT2D eigenvalue weighted by Crippen LogP contribution is -2.52. The molecule has 2 unspecified atom stereocenters. The average Bonchev–Trinajstić information content (AvgIpc) is 2.14. The zero-order chi connectivity index (χ0) is 12.3. The van der Waals surface area contributed by atoms with Gasteiger partial charge in [0, 0.05) is 7.11 Å². The first-order valence-corrected chi connectivity index (χ1v) is 3.73. The molecule has 0 N–H and O–H groups in total. The van der Waals surface area contributed by atoms with Crippen molar-refractivity contribution in [3.05, 3.63) is 0 Å². The van der Waals surface area contributed by atoms with Gasteiger partial charge >= 0.3 is 18.0 Å². The monoisotopic (exact) mass is 234 g/mol. The van der Waals surface area contributed by atoms with E-state index in [0.717, 1.165) is 14.0 Å². The molecule has 15 heavy (non-hydrogen) atoms. The highest BCUT2D eigenvalue weighted by molar-refractivity contribution is 5.78. The van der Waals surface area contributed by atoms with Crippen LogP contribution in [-0.2, 0) is 19.0 Å². The van der Waals surface area contributed by atoms with Crippen LogP contribution in [0.15, 0.2) is 0 Å². The van der Waals surface area contributed by atoms with E-state index in [1.54, 1.807) is 0 Å². The Labute approximate surface area is 83.1 Å². The van der Waals surface area contributed by atoms with Gasteiger partial charge in [-0.05, 0) is 6.92 Å². The Morgan fingerprint density at radius 2 is 1.67 bits per heavy atom. The fourth-order valence-corrected chi connectivity index (χ4v) is 0.639. The summed E-state index contributed by atoms with van der Waals surface area (Å²) in [6, 6.07) is 0. The molecule has 0 aromatic rings. The van der Waals surface area contributed by atoms with Crippen LogP contribution in [-0.4, -0.2) is 38.5 Å². The van der Waals surface area contributed by atoms with Crippen LogP contribution >= 0.6 is 0 Å².